The Morgan fingerprint density at radius 3 is 2.44 bits per heavy atom. The highest BCUT2D eigenvalue weighted by Gasteiger charge is 2.25. The second-order valence-corrected chi connectivity index (χ2v) is 3.76. The van der Waals surface area contributed by atoms with E-state index in [1.165, 1.54) is 6.08 Å². The number of carbonyl (C=O) groups excluding carboxylic acids is 2. The molecule has 0 bridgehead atoms. The fourth-order valence-electron chi connectivity index (χ4n) is 1.46. The van der Waals surface area contributed by atoms with Crippen molar-refractivity contribution in [2.24, 2.45) is 0 Å². The third-order valence-corrected chi connectivity index (χ3v) is 2.48. The van der Waals surface area contributed by atoms with E-state index < -0.39 is 18.2 Å². The van der Waals surface area contributed by atoms with Crippen LogP contribution in [0.4, 0.5) is 0 Å². The van der Waals surface area contributed by atoms with E-state index in [0.717, 1.165) is 0 Å². The maximum atomic E-state index is 11.7. The standard InChI is InChI=1S/C13H12O5/c1-8-7-11(17-12(8)14)18-13(15)9-3-5-10(16-2)6-4-9/h3-7,11H,1-2H3/t11-/m0/s1. The molecule has 1 atom stereocenters. The molecule has 5 heteroatoms. The van der Waals surface area contributed by atoms with Crippen LogP contribution in [0.3, 0.4) is 0 Å². The van der Waals surface area contributed by atoms with Crippen molar-refractivity contribution in [1.82, 2.24) is 0 Å². The molecule has 1 aliphatic heterocycles. The Balaban J connectivity index is 2.02. The van der Waals surface area contributed by atoms with Gasteiger partial charge in [-0.05, 0) is 31.2 Å². The van der Waals surface area contributed by atoms with Gasteiger partial charge in [0.05, 0.1) is 12.7 Å². The quantitative estimate of drug-likeness (QED) is 0.761. The molecule has 94 valence electrons. The van der Waals surface area contributed by atoms with Gasteiger partial charge in [0, 0.05) is 11.6 Å². The van der Waals surface area contributed by atoms with E-state index in [0.29, 0.717) is 16.9 Å². The van der Waals surface area contributed by atoms with Crippen molar-refractivity contribution in [2.75, 3.05) is 7.11 Å². The summed E-state index contributed by atoms with van der Waals surface area (Å²) < 4.78 is 14.8. The molecule has 0 spiro atoms. The fraction of sp³-hybridized carbons (Fsp3) is 0.231. The summed E-state index contributed by atoms with van der Waals surface area (Å²) in [7, 11) is 1.54. The number of hydrogen-bond acceptors (Lipinski definition) is 5. The Hall–Kier alpha value is -2.30. The minimum Gasteiger partial charge on any atom is -0.497 e. The van der Waals surface area contributed by atoms with Crippen LogP contribution in [0.1, 0.15) is 17.3 Å². The third kappa shape index (κ3) is 2.51. The maximum absolute atomic E-state index is 11.7. The highest BCUT2D eigenvalue weighted by atomic mass is 16.7. The molecule has 18 heavy (non-hydrogen) atoms. The van der Waals surface area contributed by atoms with Gasteiger partial charge in [0.1, 0.15) is 5.75 Å². The van der Waals surface area contributed by atoms with Crippen molar-refractivity contribution in [3.63, 3.8) is 0 Å². The van der Waals surface area contributed by atoms with Gasteiger partial charge in [0.15, 0.2) is 0 Å². The molecule has 0 aliphatic carbocycles. The zero-order chi connectivity index (χ0) is 13.1. The molecule has 5 nitrogen and oxygen atoms in total. The monoisotopic (exact) mass is 248 g/mol. The molecule has 0 saturated carbocycles. The minimum atomic E-state index is -0.938. The third-order valence-electron chi connectivity index (χ3n) is 2.48. The first-order valence-corrected chi connectivity index (χ1v) is 5.34. The van der Waals surface area contributed by atoms with E-state index in [9.17, 15) is 9.59 Å². The van der Waals surface area contributed by atoms with Crippen LogP contribution in [0.25, 0.3) is 0 Å². The molecule has 1 aromatic carbocycles. The lowest BCUT2D eigenvalue weighted by Gasteiger charge is -2.10. The summed E-state index contributed by atoms with van der Waals surface area (Å²) in [5.41, 5.74) is 0.798. The summed E-state index contributed by atoms with van der Waals surface area (Å²) in [5.74, 6) is -0.376. The molecule has 0 N–H and O–H groups in total. The Morgan fingerprint density at radius 2 is 1.94 bits per heavy atom. The molecular formula is C13H12O5. The van der Waals surface area contributed by atoms with E-state index in [-0.39, 0.29) is 0 Å². The zero-order valence-electron chi connectivity index (χ0n) is 10.0. The zero-order valence-corrected chi connectivity index (χ0v) is 10.0. The molecule has 1 aliphatic rings. The number of ether oxygens (including phenoxy) is 3. The largest absolute Gasteiger partial charge is 0.497 e. The lowest BCUT2D eigenvalue weighted by atomic mass is 10.2. The van der Waals surface area contributed by atoms with E-state index in [2.05, 4.69) is 0 Å². The SMILES string of the molecule is COc1ccc(C(=O)O[C@H]2C=C(C)C(=O)O2)cc1. The number of rotatable bonds is 3. The molecule has 2 rings (SSSR count). The summed E-state index contributed by atoms with van der Waals surface area (Å²) in [6.07, 6.45) is 0.524. The number of hydrogen-bond donors (Lipinski definition) is 0. The van der Waals surface area contributed by atoms with E-state index >= 15 is 0 Å². The predicted molar refractivity (Wildman–Crippen MR) is 62.0 cm³/mol. The first kappa shape index (κ1) is 12.2. The average Bonchev–Trinajstić information content (AvgIpc) is 2.68. The lowest BCUT2D eigenvalue weighted by Crippen LogP contribution is -2.17. The van der Waals surface area contributed by atoms with Gasteiger partial charge in [0.2, 0.25) is 0 Å². The molecule has 0 aromatic heterocycles. The van der Waals surface area contributed by atoms with Gasteiger partial charge in [-0.3, -0.25) is 0 Å². The van der Waals surface area contributed by atoms with Crippen LogP contribution >= 0.6 is 0 Å². The van der Waals surface area contributed by atoms with Gasteiger partial charge in [-0.15, -0.1) is 0 Å². The minimum absolute atomic E-state index is 0.366. The average molecular weight is 248 g/mol. The van der Waals surface area contributed by atoms with Gasteiger partial charge in [-0.25, -0.2) is 9.59 Å². The van der Waals surface area contributed by atoms with Crippen molar-refractivity contribution in [3.05, 3.63) is 41.5 Å². The number of carbonyl (C=O) groups is 2. The normalized spacial score (nSPS) is 18.0. The van der Waals surface area contributed by atoms with E-state index in [4.69, 9.17) is 14.2 Å². The van der Waals surface area contributed by atoms with Crippen LogP contribution in [0.2, 0.25) is 0 Å². The molecule has 1 heterocycles. The molecule has 0 amide bonds. The highest BCUT2D eigenvalue weighted by Crippen LogP contribution is 2.17. The summed E-state index contributed by atoms with van der Waals surface area (Å²) in [4.78, 5) is 22.8. The Kier molecular flexibility index (Phi) is 3.32. The van der Waals surface area contributed by atoms with Gasteiger partial charge < -0.3 is 14.2 Å². The van der Waals surface area contributed by atoms with Gasteiger partial charge in [0.25, 0.3) is 6.29 Å². The summed E-state index contributed by atoms with van der Waals surface area (Å²) in [6, 6.07) is 6.46. The van der Waals surface area contributed by atoms with Crippen LogP contribution in [-0.4, -0.2) is 25.3 Å². The molecular weight excluding hydrogens is 236 g/mol. The number of methoxy groups -OCH3 is 1. The highest BCUT2D eigenvalue weighted by molar-refractivity contribution is 5.92. The first-order chi connectivity index (χ1) is 8.60. The molecule has 0 radical (unpaired) electrons. The topological polar surface area (TPSA) is 61.8 Å². The molecule has 0 unspecified atom stereocenters. The van der Waals surface area contributed by atoms with Crippen molar-refractivity contribution < 1.29 is 23.8 Å². The van der Waals surface area contributed by atoms with Gasteiger partial charge in [-0.1, -0.05) is 0 Å². The van der Waals surface area contributed by atoms with Crippen LogP contribution in [0.15, 0.2) is 35.9 Å². The summed E-state index contributed by atoms with van der Waals surface area (Å²) in [6.45, 7) is 1.60. The van der Waals surface area contributed by atoms with Crippen molar-refractivity contribution in [3.8, 4) is 5.75 Å². The number of esters is 2. The Labute approximate surface area is 104 Å². The Morgan fingerprint density at radius 1 is 1.28 bits per heavy atom. The molecule has 0 fully saturated rings. The Bertz CT molecular complexity index is 501. The maximum Gasteiger partial charge on any atom is 0.341 e. The van der Waals surface area contributed by atoms with Gasteiger partial charge in [-0.2, -0.15) is 0 Å². The van der Waals surface area contributed by atoms with Crippen LogP contribution in [0, 0.1) is 0 Å². The second-order valence-electron chi connectivity index (χ2n) is 3.76. The smallest absolute Gasteiger partial charge is 0.341 e. The van der Waals surface area contributed by atoms with E-state index in [1.54, 1.807) is 38.3 Å². The number of cyclic esters (lactones) is 1. The lowest BCUT2D eigenvalue weighted by molar-refractivity contribution is -0.151. The fourth-order valence-corrected chi connectivity index (χ4v) is 1.46. The summed E-state index contributed by atoms with van der Waals surface area (Å²) >= 11 is 0. The van der Waals surface area contributed by atoms with E-state index in [1.807, 2.05) is 0 Å². The van der Waals surface area contributed by atoms with Crippen molar-refractivity contribution >= 4 is 11.9 Å². The predicted octanol–water partition coefficient (Wildman–Crippen LogP) is 1.68. The van der Waals surface area contributed by atoms with Crippen LogP contribution < -0.4 is 4.74 Å². The van der Waals surface area contributed by atoms with Crippen molar-refractivity contribution in [2.45, 2.75) is 13.2 Å². The molecule has 1 aromatic rings. The van der Waals surface area contributed by atoms with Crippen molar-refractivity contribution in [1.29, 1.82) is 0 Å². The first-order valence-electron chi connectivity index (χ1n) is 5.34. The summed E-state index contributed by atoms with van der Waals surface area (Å²) in [5, 5.41) is 0. The molecule has 0 saturated heterocycles. The van der Waals surface area contributed by atoms with Gasteiger partial charge >= 0.3 is 11.9 Å². The van der Waals surface area contributed by atoms with Crippen LogP contribution in [0.5, 0.6) is 5.75 Å². The second kappa shape index (κ2) is 4.91. The van der Waals surface area contributed by atoms with Crippen LogP contribution in [-0.2, 0) is 14.3 Å². The number of benzene rings is 1.